The highest BCUT2D eigenvalue weighted by Gasteiger charge is 2.17. The van der Waals surface area contributed by atoms with Gasteiger partial charge in [-0.2, -0.15) is 0 Å². The molecular weight excluding hydrogens is 245 g/mol. The zero-order valence-corrected chi connectivity index (χ0v) is 9.88. The molecule has 0 saturated carbocycles. The Morgan fingerprint density at radius 1 is 1.05 bits per heavy atom. The first kappa shape index (κ1) is 11.4. The van der Waals surface area contributed by atoms with Gasteiger partial charge in [-0.1, -0.05) is 17.3 Å². The Bertz CT molecular complexity index is 710. The van der Waals surface area contributed by atoms with Gasteiger partial charge < -0.3 is 10.3 Å². The van der Waals surface area contributed by atoms with Crippen molar-refractivity contribution in [2.75, 3.05) is 5.73 Å². The average Bonchev–Trinajstić information content (AvgIpc) is 2.82. The van der Waals surface area contributed by atoms with Crippen LogP contribution in [0.2, 0.25) is 0 Å². The van der Waals surface area contributed by atoms with Crippen molar-refractivity contribution in [1.82, 2.24) is 10.1 Å². The molecule has 19 heavy (non-hydrogen) atoms. The maximum absolute atomic E-state index is 13.3. The van der Waals surface area contributed by atoms with Crippen LogP contribution in [0.1, 0.15) is 0 Å². The molecule has 0 unspecified atom stereocenters. The number of pyridine rings is 1. The molecule has 0 spiro atoms. The van der Waals surface area contributed by atoms with E-state index in [1.807, 2.05) is 0 Å². The van der Waals surface area contributed by atoms with Crippen LogP contribution in [0.25, 0.3) is 22.4 Å². The number of halogens is 1. The lowest BCUT2D eigenvalue weighted by molar-refractivity contribution is 0.439. The lowest BCUT2D eigenvalue weighted by Gasteiger charge is -2.02. The van der Waals surface area contributed by atoms with Gasteiger partial charge in [0.1, 0.15) is 11.5 Å². The summed E-state index contributed by atoms with van der Waals surface area (Å²) < 4.78 is 18.3. The fourth-order valence-corrected chi connectivity index (χ4v) is 1.93. The van der Waals surface area contributed by atoms with Gasteiger partial charge in [0.2, 0.25) is 5.88 Å². The van der Waals surface area contributed by atoms with E-state index in [1.54, 1.807) is 36.7 Å². The average molecular weight is 255 g/mol. The molecule has 0 radical (unpaired) electrons. The minimum absolute atomic E-state index is 0.200. The third-order valence-electron chi connectivity index (χ3n) is 2.79. The first-order valence-electron chi connectivity index (χ1n) is 5.67. The van der Waals surface area contributed by atoms with E-state index < -0.39 is 0 Å². The summed E-state index contributed by atoms with van der Waals surface area (Å²) >= 11 is 0. The van der Waals surface area contributed by atoms with Crippen LogP contribution in [0.4, 0.5) is 10.3 Å². The molecule has 3 aromatic rings. The van der Waals surface area contributed by atoms with Crippen LogP contribution >= 0.6 is 0 Å². The molecule has 2 heterocycles. The zero-order valence-electron chi connectivity index (χ0n) is 9.88. The fraction of sp³-hybridized carbons (Fsp3) is 0. The second-order valence-electron chi connectivity index (χ2n) is 4.02. The molecule has 0 aliphatic heterocycles. The van der Waals surface area contributed by atoms with Gasteiger partial charge in [-0.25, -0.2) is 4.39 Å². The Kier molecular flexibility index (Phi) is 2.72. The van der Waals surface area contributed by atoms with Gasteiger partial charge in [0.05, 0.1) is 5.56 Å². The maximum atomic E-state index is 13.3. The van der Waals surface area contributed by atoms with E-state index in [4.69, 9.17) is 10.3 Å². The standard InChI is InChI=1S/C14H10FN3O/c15-11-3-1-2-10(8-11)13-12(14(16)19-18-13)9-4-6-17-7-5-9/h1-8H,16H2. The molecule has 0 aliphatic carbocycles. The SMILES string of the molecule is Nc1onc(-c2cccc(F)c2)c1-c1ccncc1. The number of nitrogens with zero attached hydrogens (tertiary/aromatic N) is 2. The van der Waals surface area contributed by atoms with Crippen LogP contribution in [0.15, 0.2) is 53.3 Å². The number of hydrogen-bond donors (Lipinski definition) is 1. The number of nitrogens with two attached hydrogens (primary N) is 1. The molecule has 3 rings (SSSR count). The monoisotopic (exact) mass is 255 g/mol. The molecule has 0 aliphatic rings. The molecule has 0 amide bonds. The molecule has 0 bridgehead atoms. The Morgan fingerprint density at radius 2 is 1.84 bits per heavy atom. The van der Waals surface area contributed by atoms with Crippen LogP contribution in [0.5, 0.6) is 0 Å². The second-order valence-corrected chi connectivity index (χ2v) is 4.02. The molecule has 0 saturated heterocycles. The normalized spacial score (nSPS) is 10.6. The number of benzene rings is 1. The topological polar surface area (TPSA) is 64.9 Å². The molecule has 5 heteroatoms. The van der Waals surface area contributed by atoms with Gasteiger partial charge in [-0.05, 0) is 29.8 Å². The van der Waals surface area contributed by atoms with Crippen molar-refractivity contribution in [2.24, 2.45) is 0 Å². The van der Waals surface area contributed by atoms with E-state index >= 15 is 0 Å². The van der Waals surface area contributed by atoms with Gasteiger partial charge >= 0.3 is 0 Å². The summed E-state index contributed by atoms with van der Waals surface area (Å²) in [5, 5.41) is 3.92. The van der Waals surface area contributed by atoms with E-state index in [9.17, 15) is 4.39 Å². The molecule has 0 atom stereocenters. The Labute approximate surface area is 108 Å². The summed E-state index contributed by atoms with van der Waals surface area (Å²) in [5.74, 6) is -0.134. The van der Waals surface area contributed by atoms with Crippen LogP contribution in [0, 0.1) is 5.82 Å². The van der Waals surface area contributed by atoms with Gasteiger partial charge in [0.15, 0.2) is 0 Å². The maximum Gasteiger partial charge on any atom is 0.230 e. The lowest BCUT2D eigenvalue weighted by Crippen LogP contribution is -1.88. The quantitative estimate of drug-likeness (QED) is 0.764. The van der Waals surface area contributed by atoms with Gasteiger partial charge in [0.25, 0.3) is 0 Å². The summed E-state index contributed by atoms with van der Waals surface area (Å²) in [6, 6.07) is 9.73. The van der Waals surface area contributed by atoms with Gasteiger partial charge in [-0.15, -0.1) is 0 Å². The summed E-state index contributed by atoms with van der Waals surface area (Å²) in [4.78, 5) is 3.95. The van der Waals surface area contributed by atoms with Crippen LogP contribution in [0.3, 0.4) is 0 Å². The van der Waals surface area contributed by atoms with E-state index in [2.05, 4.69) is 10.1 Å². The molecule has 1 aromatic carbocycles. The minimum atomic E-state index is -0.334. The number of nitrogen functional groups attached to an aromatic ring is 1. The summed E-state index contributed by atoms with van der Waals surface area (Å²) in [6.45, 7) is 0. The van der Waals surface area contributed by atoms with Crippen LogP contribution in [-0.4, -0.2) is 10.1 Å². The summed E-state index contributed by atoms with van der Waals surface area (Å²) in [5.41, 5.74) is 8.41. The first-order chi connectivity index (χ1) is 9.25. The van der Waals surface area contributed by atoms with E-state index in [1.165, 1.54) is 12.1 Å². The molecular formula is C14H10FN3O. The lowest BCUT2D eigenvalue weighted by atomic mass is 10.0. The zero-order chi connectivity index (χ0) is 13.2. The Hall–Kier alpha value is -2.69. The van der Waals surface area contributed by atoms with Crippen molar-refractivity contribution in [1.29, 1.82) is 0 Å². The first-order valence-corrected chi connectivity index (χ1v) is 5.67. The largest absolute Gasteiger partial charge is 0.367 e. The molecule has 2 N–H and O–H groups in total. The second kappa shape index (κ2) is 4.53. The predicted octanol–water partition coefficient (Wildman–Crippen LogP) is 3.12. The Balaban J connectivity index is 2.19. The third kappa shape index (κ3) is 2.06. The van der Waals surface area contributed by atoms with E-state index in [-0.39, 0.29) is 11.7 Å². The van der Waals surface area contributed by atoms with Crippen molar-refractivity contribution < 1.29 is 8.91 Å². The Morgan fingerprint density at radius 3 is 2.58 bits per heavy atom. The highest BCUT2D eigenvalue weighted by molar-refractivity contribution is 5.86. The van der Waals surface area contributed by atoms with E-state index in [0.29, 0.717) is 16.8 Å². The fourth-order valence-electron chi connectivity index (χ4n) is 1.93. The van der Waals surface area contributed by atoms with Crippen molar-refractivity contribution >= 4 is 5.88 Å². The minimum Gasteiger partial charge on any atom is -0.367 e. The van der Waals surface area contributed by atoms with Crippen LogP contribution < -0.4 is 5.73 Å². The van der Waals surface area contributed by atoms with Crippen molar-refractivity contribution in [3.63, 3.8) is 0 Å². The van der Waals surface area contributed by atoms with Gasteiger partial charge in [-0.3, -0.25) is 4.98 Å². The predicted molar refractivity (Wildman–Crippen MR) is 69.5 cm³/mol. The van der Waals surface area contributed by atoms with Crippen LogP contribution in [-0.2, 0) is 0 Å². The number of aromatic nitrogens is 2. The highest BCUT2D eigenvalue weighted by Crippen LogP contribution is 2.35. The highest BCUT2D eigenvalue weighted by atomic mass is 19.1. The van der Waals surface area contributed by atoms with Crippen molar-refractivity contribution in [3.05, 3.63) is 54.6 Å². The summed E-state index contributed by atoms with van der Waals surface area (Å²) in [6.07, 6.45) is 3.30. The smallest absolute Gasteiger partial charge is 0.230 e. The molecule has 0 fully saturated rings. The molecule has 4 nitrogen and oxygen atoms in total. The molecule has 94 valence electrons. The van der Waals surface area contributed by atoms with E-state index in [0.717, 1.165) is 5.56 Å². The number of hydrogen-bond acceptors (Lipinski definition) is 4. The molecule has 2 aromatic heterocycles. The van der Waals surface area contributed by atoms with Gasteiger partial charge in [0, 0.05) is 18.0 Å². The number of rotatable bonds is 2. The third-order valence-corrected chi connectivity index (χ3v) is 2.79. The summed E-state index contributed by atoms with van der Waals surface area (Å²) in [7, 11) is 0. The van der Waals surface area contributed by atoms with Crippen molar-refractivity contribution in [3.8, 4) is 22.4 Å². The number of anilines is 1. The van der Waals surface area contributed by atoms with Crippen molar-refractivity contribution in [2.45, 2.75) is 0 Å².